The molecule has 0 fully saturated rings. The average molecular weight is 275 g/mol. The number of rotatable bonds is 7. The van der Waals surface area contributed by atoms with Crippen LogP contribution in [0, 0.1) is 0 Å². The highest BCUT2D eigenvalue weighted by Crippen LogP contribution is 2.25. The van der Waals surface area contributed by atoms with Gasteiger partial charge in [0.2, 0.25) is 0 Å². The van der Waals surface area contributed by atoms with Gasteiger partial charge in [0.1, 0.15) is 18.4 Å². The number of benzene rings is 1. The summed E-state index contributed by atoms with van der Waals surface area (Å²) < 4.78 is 5.65. The van der Waals surface area contributed by atoms with Crippen molar-refractivity contribution in [3.05, 3.63) is 35.4 Å². The molecule has 0 spiro atoms. The quantitative estimate of drug-likeness (QED) is 0.803. The molecule has 4 nitrogen and oxygen atoms in total. The molecule has 1 heterocycles. The van der Waals surface area contributed by atoms with Gasteiger partial charge in [0, 0.05) is 12.1 Å². The minimum absolute atomic E-state index is 0.479. The highest BCUT2D eigenvalue weighted by Gasteiger charge is 2.17. The Morgan fingerprint density at radius 2 is 2.25 bits per heavy atom. The van der Waals surface area contributed by atoms with Crippen LogP contribution in [-0.2, 0) is 4.79 Å². The minimum Gasteiger partial charge on any atom is -0.489 e. The molecule has 1 atom stereocenters. The standard InChI is InChI=1S/C16H21NO3/c1-2-3-7-14(16(18)19)17-10-12-9-13-6-4-5-8-15(13)20-11-12/h4-6,8-9,14,17H,2-3,7,10-11H2,1H3,(H,18,19)/t14-/m0/s1. The summed E-state index contributed by atoms with van der Waals surface area (Å²) in [6.45, 7) is 3.13. The number of hydrogen-bond donors (Lipinski definition) is 2. The van der Waals surface area contributed by atoms with Gasteiger partial charge in [-0.15, -0.1) is 0 Å². The van der Waals surface area contributed by atoms with Gasteiger partial charge < -0.3 is 15.2 Å². The van der Waals surface area contributed by atoms with E-state index in [1.807, 2.05) is 24.3 Å². The molecule has 0 amide bonds. The Hall–Kier alpha value is -1.81. The molecule has 0 bridgehead atoms. The molecule has 1 aromatic rings. The first-order chi connectivity index (χ1) is 9.70. The van der Waals surface area contributed by atoms with E-state index in [1.54, 1.807) is 0 Å². The van der Waals surface area contributed by atoms with Crippen LogP contribution in [0.3, 0.4) is 0 Å². The molecule has 20 heavy (non-hydrogen) atoms. The van der Waals surface area contributed by atoms with Crippen molar-refractivity contribution in [2.45, 2.75) is 32.2 Å². The Morgan fingerprint density at radius 3 is 3.00 bits per heavy atom. The predicted octanol–water partition coefficient (Wildman–Crippen LogP) is 2.70. The summed E-state index contributed by atoms with van der Waals surface area (Å²) in [5, 5.41) is 12.3. The molecule has 0 aromatic heterocycles. The summed E-state index contributed by atoms with van der Waals surface area (Å²) in [5.41, 5.74) is 2.13. The summed E-state index contributed by atoms with van der Waals surface area (Å²) in [4.78, 5) is 11.2. The molecular formula is C16H21NO3. The lowest BCUT2D eigenvalue weighted by molar-refractivity contribution is -0.139. The van der Waals surface area contributed by atoms with Crippen molar-refractivity contribution >= 4 is 12.0 Å². The molecule has 1 aliphatic heterocycles. The molecule has 1 aromatic carbocycles. The van der Waals surface area contributed by atoms with Gasteiger partial charge in [-0.2, -0.15) is 0 Å². The zero-order chi connectivity index (χ0) is 14.4. The Labute approximate surface area is 119 Å². The number of carbonyl (C=O) groups is 1. The Bertz CT molecular complexity index is 496. The smallest absolute Gasteiger partial charge is 0.320 e. The molecule has 1 aliphatic rings. The maximum atomic E-state index is 11.2. The van der Waals surface area contributed by atoms with Crippen LogP contribution in [-0.4, -0.2) is 30.3 Å². The molecule has 2 N–H and O–H groups in total. The molecule has 0 aliphatic carbocycles. The lowest BCUT2D eigenvalue weighted by Gasteiger charge is -2.20. The van der Waals surface area contributed by atoms with Crippen molar-refractivity contribution in [1.82, 2.24) is 5.32 Å². The highest BCUT2D eigenvalue weighted by molar-refractivity contribution is 5.73. The fourth-order valence-electron chi connectivity index (χ4n) is 2.24. The SMILES string of the molecule is CCCC[C@H](NCC1=Cc2ccccc2OC1)C(=O)O. The van der Waals surface area contributed by atoms with Gasteiger partial charge in [-0.05, 0) is 24.1 Å². The van der Waals surface area contributed by atoms with Crippen molar-refractivity contribution in [2.24, 2.45) is 0 Å². The first kappa shape index (κ1) is 14.6. The third-order valence-corrected chi connectivity index (χ3v) is 3.41. The van der Waals surface area contributed by atoms with E-state index < -0.39 is 12.0 Å². The highest BCUT2D eigenvalue weighted by atomic mass is 16.5. The third kappa shape index (κ3) is 3.84. The topological polar surface area (TPSA) is 58.6 Å². The maximum absolute atomic E-state index is 11.2. The van der Waals surface area contributed by atoms with Crippen molar-refractivity contribution in [2.75, 3.05) is 13.2 Å². The molecule has 0 saturated carbocycles. The third-order valence-electron chi connectivity index (χ3n) is 3.41. The second-order valence-corrected chi connectivity index (χ2v) is 5.04. The Morgan fingerprint density at radius 1 is 1.45 bits per heavy atom. The van der Waals surface area contributed by atoms with Crippen molar-refractivity contribution in [3.63, 3.8) is 0 Å². The molecular weight excluding hydrogens is 254 g/mol. The molecule has 0 radical (unpaired) electrons. The number of hydrogen-bond acceptors (Lipinski definition) is 3. The van der Waals surface area contributed by atoms with E-state index in [2.05, 4.69) is 18.3 Å². The summed E-state index contributed by atoms with van der Waals surface area (Å²) in [7, 11) is 0. The molecule has 2 rings (SSSR count). The number of fused-ring (bicyclic) bond motifs is 1. The van der Waals surface area contributed by atoms with E-state index in [4.69, 9.17) is 4.74 Å². The number of carboxylic acid groups (broad SMARTS) is 1. The van der Waals surface area contributed by atoms with Crippen LogP contribution in [0.1, 0.15) is 31.7 Å². The van der Waals surface area contributed by atoms with Gasteiger partial charge in [0.25, 0.3) is 0 Å². The number of ether oxygens (including phenoxy) is 1. The van der Waals surface area contributed by atoms with E-state index in [0.29, 0.717) is 19.6 Å². The summed E-state index contributed by atoms with van der Waals surface area (Å²) in [6, 6.07) is 7.38. The number of nitrogens with one attached hydrogen (secondary N) is 1. The van der Waals surface area contributed by atoms with Crippen LogP contribution in [0.2, 0.25) is 0 Å². The lowest BCUT2D eigenvalue weighted by atomic mass is 10.1. The average Bonchev–Trinajstić information content (AvgIpc) is 2.46. The van der Waals surface area contributed by atoms with E-state index in [9.17, 15) is 9.90 Å². The van der Waals surface area contributed by atoms with Crippen LogP contribution in [0.4, 0.5) is 0 Å². The van der Waals surface area contributed by atoms with Gasteiger partial charge in [-0.3, -0.25) is 4.79 Å². The second kappa shape index (κ2) is 7.10. The number of aliphatic carboxylic acids is 1. The number of unbranched alkanes of at least 4 members (excludes halogenated alkanes) is 1. The fourth-order valence-corrected chi connectivity index (χ4v) is 2.24. The fraction of sp³-hybridized carbons (Fsp3) is 0.438. The molecule has 108 valence electrons. The van der Waals surface area contributed by atoms with E-state index in [1.165, 1.54) is 0 Å². The van der Waals surface area contributed by atoms with Gasteiger partial charge >= 0.3 is 5.97 Å². The molecule has 4 heteroatoms. The minimum atomic E-state index is -0.781. The van der Waals surface area contributed by atoms with E-state index >= 15 is 0 Å². The van der Waals surface area contributed by atoms with Gasteiger partial charge in [-0.1, -0.05) is 38.0 Å². The van der Waals surface area contributed by atoms with Gasteiger partial charge in [0.15, 0.2) is 0 Å². The monoisotopic (exact) mass is 275 g/mol. The Balaban J connectivity index is 1.94. The van der Waals surface area contributed by atoms with Gasteiger partial charge in [0.05, 0.1) is 0 Å². The van der Waals surface area contributed by atoms with E-state index in [0.717, 1.165) is 29.7 Å². The van der Waals surface area contributed by atoms with Crippen LogP contribution < -0.4 is 10.1 Å². The summed E-state index contributed by atoms with van der Waals surface area (Å²) in [6.07, 6.45) is 4.66. The zero-order valence-corrected chi connectivity index (χ0v) is 11.8. The van der Waals surface area contributed by atoms with Crippen LogP contribution in [0.5, 0.6) is 5.75 Å². The van der Waals surface area contributed by atoms with Crippen LogP contribution in [0.25, 0.3) is 6.08 Å². The normalized spacial score (nSPS) is 14.9. The van der Waals surface area contributed by atoms with Gasteiger partial charge in [-0.25, -0.2) is 0 Å². The summed E-state index contributed by atoms with van der Waals surface area (Å²) in [5.74, 6) is 0.105. The van der Waals surface area contributed by atoms with Crippen molar-refractivity contribution in [1.29, 1.82) is 0 Å². The van der Waals surface area contributed by atoms with Crippen molar-refractivity contribution < 1.29 is 14.6 Å². The number of carboxylic acids is 1. The molecule has 0 saturated heterocycles. The largest absolute Gasteiger partial charge is 0.489 e. The Kier molecular flexibility index (Phi) is 5.18. The van der Waals surface area contributed by atoms with Crippen LogP contribution in [0.15, 0.2) is 29.8 Å². The van der Waals surface area contributed by atoms with E-state index in [-0.39, 0.29) is 0 Å². The maximum Gasteiger partial charge on any atom is 0.320 e. The predicted molar refractivity (Wildman–Crippen MR) is 78.9 cm³/mol. The zero-order valence-electron chi connectivity index (χ0n) is 11.8. The first-order valence-corrected chi connectivity index (χ1v) is 7.08. The lowest BCUT2D eigenvalue weighted by Crippen LogP contribution is -2.38. The second-order valence-electron chi connectivity index (χ2n) is 5.04. The van der Waals surface area contributed by atoms with Crippen molar-refractivity contribution in [3.8, 4) is 5.75 Å². The number of para-hydroxylation sites is 1. The summed E-state index contributed by atoms with van der Waals surface area (Å²) >= 11 is 0. The van der Waals surface area contributed by atoms with Crippen LogP contribution >= 0.6 is 0 Å². The first-order valence-electron chi connectivity index (χ1n) is 7.08. The molecule has 0 unspecified atom stereocenters.